The van der Waals surface area contributed by atoms with Gasteiger partial charge in [-0.25, -0.2) is 0 Å². The molecule has 0 amide bonds. The molecule has 0 aliphatic carbocycles. The molecule has 1 aliphatic rings. The van der Waals surface area contributed by atoms with Gasteiger partial charge in [-0.3, -0.25) is 0 Å². The molecule has 0 radical (unpaired) electrons. The first-order valence-electron chi connectivity index (χ1n) is 6.50. The molecule has 0 aromatic carbocycles. The van der Waals surface area contributed by atoms with Gasteiger partial charge >= 0.3 is 0 Å². The summed E-state index contributed by atoms with van der Waals surface area (Å²) in [7, 11) is 0. The van der Waals surface area contributed by atoms with E-state index < -0.39 is 5.54 Å². The highest BCUT2D eigenvalue weighted by Crippen LogP contribution is 2.20. The van der Waals surface area contributed by atoms with E-state index in [2.05, 4.69) is 17.9 Å². The van der Waals surface area contributed by atoms with Crippen molar-refractivity contribution in [3.8, 4) is 6.07 Å². The third kappa shape index (κ3) is 4.51. The molecule has 1 aliphatic heterocycles. The van der Waals surface area contributed by atoms with Crippen molar-refractivity contribution in [3.05, 3.63) is 0 Å². The maximum atomic E-state index is 8.87. The van der Waals surface area contributed by atoms with E-state index in [-0.39, 0.29) is 0 Å². The molecular formula is C13H25N3. The monoisotopic (exact) mass is 223 g/mol. The topological polar surface area (TPSA) is 53.0 Å². The van der Waals surface area contributed by atoms with Crippen LogP contribution in [0.3, 0.4) is 0 Å². The van der Waals surface area contributed by atoms with Gasteiger partial charge in [-0.15, -0.1) is 0 Å². The van der Waals surface area contributed by atoms with Gasteiger partial charge in [-0.05, 0) is 51.6 Å². The van der Waals surface area contributed by atoms with E-state index in [0.717, 1.165) is 18.9 Å². The van der Waals surface area contributed by atoms with Crippen LogP contribution in [0.2, 0.25) is 0 Å². The van der Waals surface area contributed by atoms with Crippen LogP contribution in [-0.4, -0.2) is 30.1 Å². The fourth-order valence-electron chi connectivity index (χ4n) is 2.30. The lowest BCUT2D eigenvalue weighted by Gasteiger charge is -2.23. The minimum Gasteiger partial charge on any atom is -0.314 e. The van der Waals surface area contributed by atoms with Gasteiger partial charge in [0.1, 0.15) is 5.54 Å². The predicted octanol–water partition coefficient (Wildman–Crippen LogP) is 2.13. The van der Waals surface area contributed by atoms with Gasteiger partial charge < -0.3 is 10.6 Å². The summed E-state index contributed by atoms with van der Waals surface area (Å²) in [4.78, 5) is 2.47. The van der Waals surface area contributed by atoms with Crippen molar-refractivity contribution >= 4 is 0 Å². The Morgan fingerprint density at radius 2 is 2.19 bits per heavy atom. The lowest BCUT2D eigenvalue weighted by atomic mass is 9.98. The minimum atomic E-state index is -0.656. The smallest absolute Gasteiger partial charge is 0.102 e. The van der Waals surface area contributed by atoms with Crippen LogP contribution in [0.25, 0.3) is 0 Å². The van der Waals surface area contributed by atoms with E-state index in [4.69, 9.17) is 11.0 Å². The van der Waals surface area contributed by atoms with Crippen LogP contribution in [0.4, 0.5) is 0 Å². The second kappa shape index (κ2) is 6.22. The van der Waals surface area contributed by atoms with Crippen LogP contribution >= 0.6 is 0 Å². The molecule has 0 bridgehead atoms. The summed E-state index contributed by atoms with van der Waals surface area (Å²) in [6, 6.07) is 2.17. The highest BCUT2D eigenvalue weighted by Gasteiger charge is 2.20. The molecule has 3 heteroatoms. The van der Waals surface area contributed by atoms with E-state index >= 15 is 0 Å². The number of nitrogens with zero attached hydrogens (tertiary/aromatic N) is 2. The predicted molar refractivity (Wildman–Crippen MR) is 66.9 cm³/mol. The Morgan fingerprint density at radius 1 is 1.44 bits per heavy atom. The number of hydrogen-bond donors (Lipinski definition) is 1. The molecule has 0 aromatic rings. The zero-order valence-corrected chi connectivity index (χ0v) is 10.7. The zero-order chi connectivity index (χ0) is 12.0. The Balaban J connectivity index is 2.31. The molecule has 0 saturated carbocycles. The first-order valence-corrected chi connectivity index (χ1v) is 6.50. The maximum absolute atomic E-state index is 8.87. The van der Waals surface area contributed by atoms with Gasteiger partial charge in [-0.1, -0.05) is 13.3 Å². The SMILES string of the molecule is CCC1CCCN(CCC(C)(N)C#N)CC1. The average molecular weight is 223 g/mol. The molecule has 1 fully saturated rings. The molecule has 1 heterocycles. The summed E-state index contributed by atoms with van der Waals surface area (Å²) in [5, 5.41) is 8.87. The standard InChI is InChI=1S/C13H25N3/c1-3-12-5-4-8-16(9-6-12)10-7-13(2,15)11-14/h12H,3-10,15H2,1-2H3. The van der Waals surface area contributed by atoms with E-state index in [1.807, 2.05) is 6.92 Å². The zero-order valence-electron chi connectivity index (χ0n) is 10.7. The van der Waals surface area contributed by atoms with Gasteiger partial charge in [0.25, 0.3) is 0 Å². The fraction of sp³-hybridized carbons (Fsp3) is 0.923. The van der Waals surface area contributed by atoms with Gasteiger partial charge in [0.15, 0.2) is 0 Å². The molecule has 0 spiro atoms. The molecule has 2 N–H and O–H groups in total. The van der Waals surface area contributed by atoms with Gasteiger partial charge in [-0.2, -0.15) is 5.26 Å². The van der Waals surface area contributed by atoms with E-state index in [0.29, 0.717) is 0 Å². The summed E-state index contributed by atoms with van der Waals surface area (Å²) in [5.41, 5.74) is 5.18. The first kappa shape index (κ1) is 13.5. The second-order valence-corrected chi connectivity index (χ2v) is 5.33. The van der Waals surface area contributed by atoms with Gasteiger partial charge in [0, 0.05) is 6.54 Å². The summed E-state index contributed by atoms with van der Waals surface area (Å²) >= 11 is 0. The van der Waals surface area contributed by atoms with Crippen molar-refractivity contribution < 1.29 is 0 Å². The lowest BCUT2D eigenvalue weighted by Crippen LogP contribution is -2.39. The molecule has 92 valence electrons. The van der Waals surface area contributed by atoms with Crippen LogP contribution in [0.15, 0.2) is 0 Å². The summed E-state index contributed by atoms with van der Waals surface area (Å²) < 4.78 is 0. The van der Waals surface area contributed by atoms with Crippen molar-refractivity contribution in [2.75, 3.05) is 19.6 Å². The van der Waals surface area contributed by atoms with Crippen LogP contribution in [0.1, 0.15) is 46.0 Å². The van der Waals surface area contributed by atoms with Crippen LogP contribution in [0, 0.1) is 17.2 Å². The second-order valence-electron chi connectivity index (χ2n) is 5.33. The molecule has 2 atom stereocenters. The van der Waals surface area contributed by atoms with Crippen molar-refractivity contribution in [3.63, 3.8) is 0 Å². The third-order valence-electron chi connectivity index (χ3n) is 3.72. The van der Waals surface area contributed by atoms with Crippen LogP contribution in [0.5, 0.6) is 0 Å². The normalized spacial score (nSPS) is 26.8. The highest BCUT2D eigenvalue weighted by molar-refractivity contribution is 5.01. The number of nitriles is 1. The molecule has 3 nitrogen and oxygen atoms in total. The minimum absolute atomic E-state index is 0.656. The number of rotatable bonds is 4. The van der Waals surface area contributed by atoms with E-state index in [9.17, 15) is 0 Å². The van der Waals surface area contributed by atoms with Crippen molar-refractivity contribution in [1.82, 2.24) is 4.90 Å². The molecular weight excluding hydrogens is 198 g/mol. The molecule has 2 unspecified atom stereocenters. The van der Waals surface area contributed by atoms with Gasteiger partial charge in [0.05, 0.1) is 6.07 Å². The summed E-state index contributed by atoms with van der Waals surface area (Å²) in [6.45, 7) is 7.43. The van der Waals surface area contributed by atoms with Crippen LogP contribution in [-0.2, 0) is 0 Å². The Bertz CT molecular complexity index is 242. The van der Waals surface area contributed by atoms with E-state index in [1.54, 1.807) is 0 Å². The van der Waals surface area contributed by atoms with Crippen molar-refractivity contribution in [1.29, 1.82) is 5.26 Å². The largest absolute Gasteiger partial charge is 0.314 e. The Labute approximate surface area is 99.6 Å². The summed E-state index contributed by atoms with van der Waals surface area (Å²) in [5.74, 6) is 0.908. The first-order chi connectivity index (χ1) is 7.57. The van der Waals surface area contributed by atoms with E-state index in [1.165, 1.54) is 38.8 Å². The van der Waals surface area contributed by atoms with Crippen molar-refractivity contribution in [2.45, 2.75) is 51.5 Å². The Hall–Kier alpha value is -0.590. The maximum Gasteiger partial charge on any atom is 0.102 e. The molecule has 16 heavy (non-hydrogen) atoms. The number of nitrogens with two attached hydrogens (primary N) is 1. The third-order valence-corrected chi connectivity index (χ3v) is 3.72. The Morgan fingerprint density at radius 3 is 2.81 bits per heavy atom. The Kier molecular flexibility index (Phi) is 5.24. The number of hydrogen-bond acceptors (Lipinski definition) is 3. The van der Waals surface area contributed by atoms with Crippen molar-refractivity contribution in [2.24, 2.45) is 11.7 Å². The molecule has 1 saturated heterocycles. The molecule has 1 rings (SSSR count). The summed E-state index contributed by atoms with van der Waals surface area (Å²) in [6.07, 6.45) is 6.06. The number of likely N-dealkylation sites (tertiary alicyclic amines) is 1. The molecule has 0 aromatic heterocycles. The van der Waals surface area contributed by atoms with Gasteiger partial charge in [0.2, 0.25) is 0 Å². The van der Waals surface area contributed by atoms with Crippen LogP contribution < -0.4 is 5.73 Å². The fourth-order valence-corrected chi connectivity index (χ4v) is 2.30. The quantitative estimate of drug-likeness (QED) is 0.794. The highest BCUT2D eigenvalue weighted by atomic mass is 15.1. The lowest BCUT2D eigenvalue weighted by molar-refractivity contribution is 0.261. The average Bonchev–Trinajstić information content (AvgIpc) is 2.51.